The van der Waals surface area contributed by atoms with E-state index >= 15 is 0 Å². The molecule has 3 N–H and O–H groups in total. The Kier molecular flexibility index (Phi) is 3.64. The maximum absolute atomic E-state index is 11.4. The molecule has 18 heavy (non-hydrogen) atoms. The van der Waals surface area contributed by atoms with E-state index in [1.807, 2.05) is 0 Å². The van der Waals surface area contributed by atoms with Crippen LogP contribution < -0.4 is 5.73 Å². The molecule has 1 aromatic rings. The average Bonchev–Trinajstić information content (AvgIpc) is 2.59. The van der Waals surface area contributed by atoms with Crippen LogP contribution in [-0.4, -0.2) is 26.7 Å². The van der Waals surface area contributed by atoms with Crippen molar-refractivity contribution in [1.29, 1.82) is 0 Å². The smallest absolute Gasteiger partial charge is 0.417 e. The number of nitrogens with two attached hydrogens (primary N) is 1. The molecular formula is C12H17N3O3. The summed E-state index contributed by atoms with van der Waals surface area (Å²) in [5.74, 6) is -0.579. The quantitative estimate of drug-likeness (QED) is 0.785. The average molecular weight is 251 g/mol. The summed E-state index contributed by atoms with van der Waals surface area (Å²) in [5, 5.41) is 9.00. The highest BCUT2D eigenvalue weighted by atomic mass is 16.4. The van der Waals surface area contributed by atoms with Gasteiger partial charge in [0.15, 0.2) is 0 Å². The molecule has 1 aliphatic rings. The topological polar surface area (TPSA) is 98.2 Å². The van der Waals surface area contributed by atoms with Crippen LogP contribution in [0.3, 0.4) is 0 Å². The van der Waals surface area contributed by atoms with Gasteiger partial charge in [0, 0.05) is 5.92 Å². The normalized spacial score (nSPS) is 17.3. The van der Waals surface area contributed by atoms with Crippen molar-refractivity contribution in [2.75, 3.05) is 0 Å². The lowest BCUT2D eigenvalue weighted by atomic mass is 9.95. The Hall–Kier alpha value is -1.85. The van der Waals surface area contributed by atoms with Crippen LogP contribution in [0.4, 0.5) is 4.79 Å². The molecule has 2 rings (SSSR count). The van der Waals surface area contributed by atoms with E-state index in [2.05, 4.69) is 4.98 Å². The molecule has 0 aliphatic heterocycles. The summed E-state index contributed by atoms with van der Waals surface area (Å²) in [4.78, 5) is 26.5. The zero-order valence-corrected chi connectivity index (χ0v) is 10.1. The first-order valence-electron chi connectivity index (χ1n) is 6.21. The number of carboxylic acid groups (broad SMARTS) is 1. The number of hydrogen-bond donors (Lipinski definition) is 2. The van der Waals surface area contributed by atoms with Crippen molar-refractivity contribution in [2.24, 2.45) is 5.73 Å². The first kappa shape index (κ1) is 12.6. The third-order valence-corrected chi connectivity index (χ3v) is 3.48. The van der Waals surface area contributed by atoms with Crippen molar-refractivity contribution in [2.45, 2.75) is 44.4 Å². The Morgan fingerprint density at radius 3 is 2.39 bits per heavy atom. The van der Waals surface area contributed by atoms with Crippen LogP contribution >= 0.6 is 0 Å². The van der Waals surface area contributed by atoms with E-state index in [4.69, 9.17) is 10.8 Å². The highest BCUT2D eigenvalue weighted by Crippen LogP contribution is 2.32. The molecule has 0 spiro atoms. The lowest BCUT2D eigenvalue weighted by Gasteiger charge is -2.12. The van der Waals surface area contributed by atoms with Crippen LogP contribution in [-0.2, 0) is 0 Å². The predicted molar refractivity (Wildman–Crippen MR) is 64.6 cm³/mol. The number of aromatic nitrogens is 2. The summed E-state index contributed by atoms with van der Waals surface area (Å²) in [6.07, 6.45) is 6.36. The predicted octanol–water partition coefficient (Wildman–Crippen LogP) is 1.95. The molecule has 1 amide bonds. The number of primary amides is 1. The molecule has 1 fully saturated rings. The van der Waals surface area contributed by atoms with Gasteiger partial charge >= 0.3 is 6.09 Å². The van der Waals surface area contributed by atoms with Crippen LogP contribution in [0, 0.1) is 0 Å². The summed E-state index contributed by atoms with van der Waals surface area (Å²) >= 11 is 0. The Balaban J connectivity index is 2.37. The first-order chi connectivity index (χ1) is 8.61. The Morgan fingerprint density at radius 1 is 1.28 bits per heavy atom. The SMILES string of the molecule is NC(=O)c1c(C2CCCCCC2)ncn1C(=O)O. The molecule has 0 unspecified atom stereocenters. The van der Waals surface area contributed by atoms with Gasteiger partial charge in [0.25, 0.3) is 5.91 Å². The van der Waals surface area contributed by atoms with Gasteiger partial charge in [-0.05, 0) is 12.8 Å². The van der Waals surface area contributed by atoms with Crippen LogP contribution in [0.25, 0.3) is 0 Å². The van der Waals surface area contributed by atoms with E-state index in [0.29, 0.717) is 5.69 Å². The Bertz CT molecular complexity index is 459. The molecule has 6 nitrogen and oxygen atoms in total. The summed E-state index contributed by atoms with van der Waals surface area (Å²) < 4.78 is 0.822. The fourth-order valence-electron chi connectivity index (χ4n) is 2.60. The molecule has 0 aromatic carbocycles. The summed E-state index contributed by atoms with van der Waals surface area (Å²) in [6, 6.07) is 0. The highest BCUT2D eigenvalue weighted by molar-refractivity contribution is 5.95. The van der Waals surface area contributed by atoms with E-state index in [0.717, 1.165) is 30.3 Å². The van der Waals surface area contributed by atoms with Crippen molar-refractivity contribution in [1.82, 2.24) is 9.55 Å². The zero-order valence-electron chi connectivity index (χ0n) is 10.1. The van der Waals surface area contributed by atoms with Gasteiger partial charge in [-0.2, -0.15) is 0 Å². The van der Waals surface area contributed by atoms with Gasteiger partial charge in [-0.15, -0.1) is 0 Å². The van der Waals surface area contributed by atoms with E-state index in [1.54, 1.807) is 0 Å². The van der Waals surface area contributed by atoms with E-state index in [9.17, 15) is 9.59 Å². The fraction of sp³-hybridized carbons (Fsp3) is 0.583. The number of imidazole rings is 1. The van der Waals surface area contributed by atoms with Crippen LogP contribution in [0.5, 0.6) is 0 Å². The monoisotopic (exact) mass is 251 g/mol. The van der Waals surface area contributed by atoms with Gasteiger partial charge in [0.05, 0.1) is 5.69 Å². The maximum Gasteiger partial charge on any atom is 0.417 e. The third kappa shape index (κ3) is 2.37. The second-order valence-corrected chi connectivity index (χ2v) is 4.68. The van der Waals surface area contributed by atoms with Gasteiger partial charge in [-0.3, -0.25) is 4.79 Å². The van der Waals surface area contributed by atoms with Gasteiger partial charge in [0.1, 0.15) is 12.0 Å². The minimum Gasteiger partial charge on any atom is -0.464 e. The van der Waals surface area contributed by atoms with E-state index in [-0.39, 0.29) is 11.6 Å². The first-order valence-corrected chi connectivity index (χ1v) is 6.21. The number of rotatable bonds is 2. The lowest BCUT2D eigenvalue weighted by Crippen LogP contribution is -2.22. The minimum absolute atomic E-state index is 0.0226. The summed E-state index contributed by atoms with van der Waals surface area (Å²) in [6.45, 7) is 0. The molecule has 98 valence electrons. The Morgan fingerprint density at radius 2 is 1.89 bits per heavy atom. The molecule has 6 heteroatoms. The highest BCUT2D eigenvalue weighted by Gasteiger charge is 2.26. The maximum atomic E-state index is 11.4. The number of hydrogen-bond acceptors (Lipinski definition) is 3. The van der Waals surface area contributed by atoms with Gasteiger partial charge in [-0.25, -0.2) is 14.3 Å². The summed E-state index contributed by atoms with van der Waals surface area (Å²) in [5.41, 5.74) is 5.85. The largest absolute Gasteiger partial charge is 0.464 e. The number of carbonyl (C=O) groups excluding carboxylic acids is 1. The zero-order chi connectivity index (χ0) is 13.1. The molecule has 0 atom stereocenters. The molecular weight excluding hydrogens is 234 g/mol. The summed E-state index contributed by atoms with van der Waals surface area (Å²) in [7, 11) is 0. The molecule has 1 heterocycles. The second-order valence-electron chi connectivity index (χ2n) is 4.68. The molecule has 1 aromatic heterocycles. The standard InChI is InChI=1S/C12H17N3O3/c13-11(16)10-9(14-7-15(10)12(17)18)8-5-3-1-2-4-6-8/h7-8H,1-6H2,(H2,13,16)(H,17,18). The van der Waals surface area contributed by atoms with E-state index < -0.39 is 12.0 Å². The van der Waals surface area contributed by atoms with Crippen molar-refractivity contribution < 1.29 is 14.7 Å². The molecule has 1 aliphatic carbocycles. The van der Waals surface area contributed by atoms with E-state index in [1.165, 1.54) is 19.2 Å². The lowest BCUT2D eigenvalue weighted by molar-refractivity contribution is 0.0988. The van der Waals surface area contributed by atoms with Gasteiger partial charge in [-0.1, -0.05) is 25.7 Å². The number of carbonyl (C=O) groups is 2. The third-order valence-electron chi connectivity index (χ3n) is 3.48. The van der Waals surface area contributed by atoms with Crippen molar-refractivity contribution in [3.8, 4) is 0 Å². The molecule has 0 bridgehead atoms. The molecule has 0 radical (unpaired) electrons. The number of nitrogens with zero attached hydrogens (tertiary/aromatic N) is 2. The molecule has 1 saturated carbocycles. The fourth-order valence-corrected chi connectivity index (χ4v) is 2.60. The van der Waals surface area contributed by atoms with Crippen LogP contribution in [0.1, 0.15) is 60.6 Å². The van der Waals surface area contributed by atoms with Gasteiger partial charge < -0.3 is 10.8 Å². The number of amides is 1. The van der Waals surface area contributed by atoms with Crippen molar-refractivity contribution >= 4 is 12.0 Å². The van der Waals surface area contributed by atoms with Gasteiger partial charge in [0.2, 0.25) is 0 Å². The van der Waals surface area contributed by atoms with Crippen molar-refractivity contribution in [3.63, 3.8) is 0 Å². The van der Waals surface area contributed by atoms with Crippen LogP contribution in [0.2, 0.25) is 0 Å². The second kappa shape index (κ2) is 5.20. The van der Waals surface area contributed by atoms with Crippen LogP contribution in [0.15, 0.2) is 6.33 Å². The molecule has 0 saturated heterocycles. The Labute approximate surface area is 105 Å². The minimum atomic E-state index is -1.23. The van der Waals surface area contributed by atoms with Crippen molar-refractivity contribution in [3.05, 3.63) is 17.7 Å².